The molecule has 2 saturated heterocycles. The van der Waals surface area contributed by atoms with Gasteiger partial charge in [-0.25, -0.2) is 9.78 Å². The van der Waals surface area contributed by atoms with Crippen molar-refractivity contribution in [3.8, 4) is 11.4 Å². The van der Waals surface area contributed by atoms with Crippen LogP contribution < -0.4 is 4.90 Å². The molecule has 2 aromatic carbocycles. The highest BCUT2D eigenvalue weighted by molar-refractivity contribution is 5.86. The number of H-pyrrole nitrogens is 1. The van der Waals surface area contributed by atoms with Crippen LogP contribution in [0.25, 0.3) is 22.4 Å². The summed E-state index contributed by atoms with van der Waals surface area (Å²) in [5.41, 5.74) is 3.55. The number of hydrogen-bond donors (Lipinski definition) is 1. The summed E-state index contributed by atoms with van der Waals surface area (Å²) in [4.78, 5) is 39.8. The molecule has 0 saturated carbocycles. The number of likely N-dealkylation sites (tertiary alicyclic amines) is 1. The highest BCUT2D eigenvalue weighted by Crippen LogP contribution is 2.27. The summed E-state index contributed by atoms with van der Waals surface area (Å²) in [6, 6.07) is 16.0. The zero-order valence-corrected chi connectivity index (χ0v) is 20.7. The third-order valence-electron chi connectivity index (χ3n) is 6.63. The topological polar surface area (TPSA) is 81.8 Å². The Hall–Kier alpha value is -3.55. The second-order valence-corrected chi connectivity index (χ2v) is 10.3. The molecule has 3 heterocycles. The minimum absolute atomic E-state index is 0.0315. The molecule has 3 aromatic rings. The Balaban J connectivity index is 1.23. The normalized spacial score (nSPS) is 18.8. The standard InChI is InChI=1S/C27H33N5O3/c1-27(2,3)35-26(34)32-13-7-12-23(32)25(33)31-16-14-30(15-17-31)20-9-6-8-19(18-20)24-28-21-10-4-5-11-22(21)29-24/h4-6,8-11,18,23H,7,12-17H2,1-3H3,(H,28,29)/t23-/m0/s1. The number of nitrogens with zero attached hydrogens (tertiary/aromatic N) is 4. The number of para-hydroxylation sites is 2. The number of anilines is 1. The maximum atomic E-state index is 13.3. The van der Waals surface area contributed by atoms with Crippen LogP contribution in [0.4, 0.5) is 10.5 Å². The van der Waals surface area contributed by atoms with Crippen molar-refractivity contribution in [2.75, 3.05) is 37.6 Å². The molecule has 184 valence electrons. The number of carbonyl (C=O) groups is 2. The summed E-state index contributed by atoms with van der Waals surface area (Å²) >= 11 is 0. The fourth-order valence-corrected chi connectivity index (χ4v) is 4.90. The predicted octanol–water partition coefficient (Wildman–Crippen LogP) is 4.28. The van der Waals surface area contributed by atoms with Crippen molar-refractivity contribution in [3.05, 3.63) is 48.5 Å². The molecule has 2 aliphatic heterocycles. The molecule has 8 heteroatoms. The lowest BCUT2D eigenvalue weighted by molar-refractivity contribution is -0.136. The first-order valence-corrected chi connectivity index (χ1v) is 12.4. The van der Waals surface area contributed by atoms with Crippen LogP contribution in [0.2, 0.25) is 0 Å². The molecule has 1 N–H and O–H groups in total. The molecular formula is C27H33N5O3. The maximum absolute atomic E-state index is 13.3. The monoisotopic (exact) mass is 475 g/mol. The lowest BCUT2D eigenvalue weighted by Gasteiger charge is -2.38. The van der Waals surface area contributed by atoms with E-state index in [-0.39, 0.29) is 5.91 Å². The van der Waals surface area contributed by atoms with Crippen LogP contribution in [-0.4, -0.2) is 76.1 Å². The van der Waals surface area contributed by atoms with E-state index in [0.717, 1.165) is 47.6 Å². The van der Waals surface area contributed by atoms with E-state index in [4.69, 9.17) is 9.72 Å². The van der Waals surface area contributed by atoms with Crippen molar-refractivity contribution in [2.45, 2.75) is 45.3 Å². The van der Waals surface area contributed by atoms with E-state index in [9.17, 15) is 9.59 Å². The molecule has 35 heavy (non-hydrogen) atoms. The van der Waals surface area contributed by atoms with E-state index in [2.05, 4.69) is 28.1 Å². The number of fused-ring (bicyclic) bond motifs is 1. The van der Waals surface area contributed by atoms with Crippen LogP contribution in [-0.2, 0) is 9.53 Å². The second kappa shape index (κ2) is 9.24. The van der Waals surface area contributed by atoms with Gasteiger partial charge in [-0.1, -0.05) is 24.3 Å². The number of carbonyl (C=O) groups excluding carboxylic acids is 2. The van der Waals surface area contributed by atoms with Gasteiger partial charge in [-0.3, -0.25) is 9.69 Å². The van der Waals surface area contributed by atoms with E-state index in [1.54, 1.807) is 4.90 Å². The first kappa shape index (κ1) is 23.2. The molecular weight excluding hydrogens is 442 g/mol. The third kappa shape index (κ3) is 4.97. The van der Waals surface area contributed by atoms with Crippen molar-refractivity contribution in [2.24, 2.45) is 0 Å². The minimum Gasteiger partial charge on any atom is -0.444 e. The van der Waals surface area contributed by atoms with Gasteiger partial charge in [-0.2, -0.15) is 0 Å². The molecule has 0 spiro atoms. The summed E-state index contributed by atoms with van der Waals surface area (Å²) in [6.07, 6.45) is 1.12. The molecule has 1 atom stereocenters. The van der Waals surface area contributed by atoms with Gasteiger partial charge in [0.1, 0.15) is 17.5 Å². The smallest absolute Gasteiger partial charge is 0.410 e. The lowest BCUT2D eigenvalue weighted by Crippen LogP contribution is -2.54. The maximum Gasteiger partial charge on any atom is 0.410 e. The van der Waals surface area contributed by atoms with Crippen LogP contribution in [0.15, 0.2) is 48.5 Å². The van der Waals surface area contributed by atoms with Gasteiger partial charge < -0.3 is 19.5 Å². The highest BCUT2D eigenvalue weighted by Gasteiger charge is 2.39. The number of imidazole rings is 1. The summed E-state index contributed by atoms with van der Waals surface area (Å²) in [6.45, 7) is 8.86. The van der Waals surface area contributed by atoms with Gasteiger partial charge in [0.05, 0.1) is 11.0 Å². The first-order valence-electron chi connectivity index (χ1n) is 12.4. The van der Waals surface area contributed by atoms with Gasteiger partial charge >= 0.3 is 6.09 Å². The molecule has 0 radical (unpaired) electrons. The van der Waals surface area contributed by atoms with Gasteiger partial charge in [0.2, 0.25) is 5.91 Å². The van der Waals surface area contributed by atoms with Crippen LogP contribution in [0.1, 0.15) is 33.6 Å². The number of ether oxygens (including phenoxy) is 1. The van der Waals surface area contributed by atoms with Gasteiger partial charge in [0.25, 0.3) is 0 Å². The molecule has 8 nitrogen and oxygen atoms in total. The molecule has 2 fully saturated rings. The highest BCUT2D eigenvalue weighted by atomic mass is 16.6. The zero-order chi connectivity index (χ0) is 24.6. The van der Waals surface area contributed by atoms with Crippen LogP contribution in [0, 0.1) is 0 Å². The summed E-state index contributed by atoms with van der Waals surface area (Å²) in [5.74, 6) is 0.884. The van der Waals surface area contributed by atoms with E-state index >= 15 is 0 Å². The van der Waals surface area contributed by atoms with Gasteiger partial charge in [0.15, 0.2) is 0 Å². The SMILES string of the molecule is CC(C)(C)OC(=O)N1CCC[C@H]1C(=O)N1CCN(c2cccc(-c3nc4ccccc4[nH]3)c2)CC1. The van der Waals surface area contributed by atoms with Crippen molar-refractivity contribution in [1.82, 2.24) is 19.8 Å². The molecule has 2 amide bonds. The Bertz CT molecular complexity index is 1190. The molecule has 1 aromatic heterocycles. The summed E-state index contributed by atoms with van der Waals surface area (Å²) in [7, 11) is 0. The Morgan fingerprint density at radius 2 is 1.77 bits per heavy atom. The van der Waals surface area contributed by atoms with Crippen LogP contribution in [0.3, 0.4) is 0 Å². The van der Waals surface area contributed by atoms with E-state index in [0.29, 0.717) is 26.1 Å². The fraction of sp³-hybridized carbons (Fsp3) is 0.444. The minimum atomic E-state index is -0.574. The number of benzene rings is 2. The number of piperazine rings is 1. The van der Waals surface area contributed by atoms with Crippen molar-refractivity contribution < 1.29 is 14.3 Å². The summed E-state index contributed by atoms with van der Waals surface area (Å²) < 4.78 is 5.53. The Labute approximate surface area is 205 Å². The predicted molar refractivity (Wildman–Crippen MR) is 136 cm³/mol. The van der Waals surface area contributed by atoms with Crippen LogP contribution >= 0.6 is 0 Å². The molecule has 5 rings (SSSR count). The number of rotatable bonds is 3. The Morgan fingerprint density at radius 1 is 1.00 bits per heavy atom. The lowest BCUT2D eigenvalue weighted by atomic mass is 10.1. The largest absolute Gasteiger partial charge is 0.444 e. The summed E-state index contributed by atoms with van der Waals surface area (Å²) in [5, 5.41) is 0. The van der Waals surface area contributed by atoms with E-state index < -0.39 is 17.7 Å². The molecule has 0 aliphatic carbocycles. The third-order valence-corrected chi connectivity index (χ3v) is 6.63. The van der Waals surface area contributed by atoms with Gasteiger partial charge in [0, 0.05) is 44.0 Å². The first-order chi connectivity index (χ1) is 16.8. The zero-order valence-electron chi connectivity index (χ0n) is 20.7. The van der Waals surface area contributed by atoms with Crippen molar-refractivity contribution in [1.29, 1.82) is 0 Å². The molecule has 0 bridgehead atoms. The van der Waals surface area contributed by atoms with Crippen molar-refractivity contribution >= 4 is 28.7 Å². The van der Waals surface area contributed by atoms with Gasteiger partial charge in [-0.15, -0.1) is 0 Å². The second-order valence-electron chi connectivity index (χ2n) is 10.3. The molecule has 0 unspecified atom stereocenters. The average Bonchev–Trinajstić information content (AvgIpc) is 3.50. The number of nitrogens with one attached hydrogen (secondary N) is 1. The number of hydrogen-bond acceptors (Lipinski definition) is 5. The van der Waals surface area contributed by atoms with E-state index in [1.165, 1.54) is 0 Å². The Kier molecular flexibility index (Phi) is 6.13. The molecule has 2 aliphatic rings. The Morgan fingerprint density at radius 3 is 2.51 bits per heavy atom. The van der Waals surface area contributed by atoms with Crippen molar-refractivity contribution in [3.63, 3.8) is 0 Å². The quantitative estimate of drug-likeness (QED) is 0.612. The van der Waals surface area contributed by atoms with E-state index in [1.807, 2.05) is 56.0 Å². The average molecular weight is 476 g/mol. The van der Waals surface area contributed by atoms with Crippen LogP contribution in [0.5, 0.6) is 0 Å². The number of amides is 2. The number of aromatic nitrogens is 2. The fourth-order valence-electron chi connectivity index (χ4n) is 4.90. The number of aromatic amines is 1. The van der Waals surface area contributed by atoms with Gasteiger partial charge in [-0.05, 0) is 57.9 Å².